The number of aromatic nitrogens is 4. The molecule has 2 aromatic heterocycles. The summed E-state index contributed by atoms with van der Waals surface area (Å²) in [7, 11) is 2.98. The predicted octanol–water partition coefficient (Wildman–Crippen LogP) is -0.0329. The van der Waals surface area contributed by atoms with Crippen LogP contribution in [0.25, 0.3) is 11.2 Å². The lowest BCUT2D eigenvalue weighted by atomic mass is 10.3. The summed E-state index contributed by atoms with van der Waals surface area (Å²) < 4.78 is 4.36. The topological polar surface area (TPSA) is 82.1 Å². The summed E-state index contributed by atoms with van der Waals surface area (Å²) in [6, 6.07) is 0. The molecule has 0 unspecified atom stereocenters. The number of aliphatic hydroxyl groups excluding tert-OH is 1. The number of fused-ring (bicyclic) bond motifs is 1. The fourth-order valence-electron chi connectivity index (χ4n) is 1.93. The molecule has 8 heteroatoms. The molecule has 0 aromatic carbocycles. The maximum absolute atomic E-state index is 12.2. The van der Waals surface area contributed by atoms with Crippen molar-refractivity contribution in [3.05, 3.63) is 25.6 Å². The van der Waals surface area contributed by atoms with Gasteiger partial charge in [-0.05, 0) is 22.4 Å². The average Bonchev–Trinajstić information content (AvgIpc) is 2.71. The quantitative estimate of drug-likeness (QED) is 0.801. The molecule has 0 amide bonds. The number of aliphatic hydroxyl groups is 1. The fourth-order valence-corrected chi connectivity index (χ4v) is 2.42. The van der Waals surface area contributed by atoms with Crippen LogP contribution >= 0.6 is 15.9 Å². The molecule has 0 aliphatic heterocycles. The first-order chi connectivity index (χ1) is 8.88. The van der Waals surface area contributed by atoms with Gasteiger partial charge < -0.3 is 9.67 Å². The molecule has 0 spiro atoms. The van der Waals surface area contributed by atoms with Crippen molar-refractivity contribution in [2.75, 3.05) is 0 Å². The van der Waals surface area contributed by atoms with E-state index in [0.717, 1.165) is 4.57 Å². The summed E-state index contributed by atoms with van der Waals surface area (Å²) in [5.74, 6) is 0. The highest BCUT2D eigenvalue weighted by Gasteiger charge is 2.19. The van der Waals surface area contributed by atoms with Crippen molar-refractivity contribution in [3.8, 4) is 0 Å². The maximum atomic E-state index is 12.2. The number of aryl methyl sites for hydroxylation is 1. The summed E-state index contributed by atoms with van der Waals surface area (Å²) in [5, 5.41) is 9.75. The molecule has 7 nitrogen and oxygen atoms in total. The van der Waals surface area contributed by atoms with Gasteiger partial charge in [-0.15, -0.1) is 0 Å². The lowest BCUT2D eigenvalue weighted by Crippen LogP contribution is -2.37. The van der Waals surface area contributed by atoms with Crippen molar-refractivity contribution in [1.29, 1.82) is 0 Å². The van der Waals surface area contributed by atoms with Gasteiger partial charge in [0, 0.05) is 14.1 Å². The maximum Gasteiger partial charge on any atom is 0.332 e. The second-order valence-electron chi connectivity index (χ2n) is 4.43. The van der Waals surface area contributed by atoms with E-state index in [1.807, 2.05) is 6.92 Å². The van der Waals surface area contributed by atoms with Gasteiger partial charge in [-0.25, -0.2) is 9.78 Å². The average molecular weight is 331 g/mol. The Balaban J connectivity index is 2.83. The van der Waals surface area contributed by atoms with Crippen LogP contribution in [-0.4, -0.2) is 29.9 Å². The van der Waals surface area contributed by atoms with Crippen molar-refractivity contribution in [2.24, 2.45) is 14.1 Å². The fraction of sp³-hybridized carbons (Fsp3) is 0.545. The van der Waals surface area contributed by atoms with Gasteiger partial charge >= 0.3 is 5.69 Å². The molecule has 0 aliphatic rings. The molecule has 1 atom stereocenters. The highest BCUT2D eigenvalue weighted by Crippen LogP contribution is 2.17. The molecule has 0 aliphatic carbocycles. The summed E-state index contributed by atoms with van der Waals surface area (Å²) in [5.41, 5.74) is -0.224. The highest BCUT2D eigenvalue weighted by atomic mass is 79.9. The molecule has 1 N–H and O–H groups in total. The van der Waals surface area contributed by atoms with Gasteiger partial charge in [0.25, 0.3) is 5.56 Å². The van der Waals surface area contributed by atoms with Crippen LogP contribution in [0.3, 0.4) is 0 Å². The monoisotopic (exact) mass is 330 g/mol. The first-order valence-corrected chi connectivity index (χ1v) is 6.67. The Hall–Kier alpha value is -1.41. The van der Waals surface area contributed by atoms with E-state index in [-0.39, 0.29) is 6.54 Å². The van der Waals surface area contributed by atoms with Crippen LogP contribution in [0.4, 0.5) is 0 Å². The number of hydrogen-bond acceptors (Lipinski definition) is 4. The molecule has 0 saturated carbocycles. The molecule has 2 rings (SSSR count). The minimum atomic E-state index is -0.573. The second kappa shape index (κ2) is 4.93. The molecule has 2 heterocycles. The largest absolute Gasteiger partial charge is 0.391 e. The van der Waals surface area contributed by atoms with Gasteiger partial charge in [0.2, 0.25) is 0 Å². The molecule has 0 fully saturated rings. The lowest BCUT2D eigenvalue weighted by Gasteiger charge is -2.11. The van der Waals surface area contributed by atoms with Gasteiger partial charge in [0.05, 0.1) is 12.6 Å². The van der Waals surface area contributed by atoms with E-state index in [9.17, 15) is 14.7 Å². The van der Waals surface area contributed by atoms with E-state index < -0.39 is 17.4 Å². The van der Waals surface area contributed by atoms with Gasteiger partial charge in [-0.3, -0.25) is 13.9 Å². The van der Waals surface area contributed by atoms with E-state index in [0.29, 0.717) is 22.3 Å². The van der Waals surface area contributed by atoms with Crippen molar-refractivity contribution >= 4 is 27.1 Å². The second-order valence-corrected chi connectivity index (χ2v) is 5.14. The first kappa shape index (κ1) is 14.0. The zero-order valence-corrected chi connectivity index (χ0v) is 12.5. The SMILES string of the molecule is CC[C@H](O)Cn1c(Br)nc2c1c(=O)n(C)c(=O)n2C. The molecule has 0 radical (unpaired) electrons. The van der Waals surface area contributed by atoms with E-state index in [1.165, 1.54) is 11.6 Å². The van der Waals surface area contributed by atoms with Crippen LogP contribution in [0.15, 0.2) is 14.3 Å². The molecule has 0 bridgehead atoms. The molecular formula is C11H15BrN4O3. The van der Waals surface area contributed by atoms with Crippen LogP contribution in [0.1, 0.15) is 13.3 Å². The van der Waals surface area contributed by atoms with Gasteiger partial charge in [-0.1, -0.05) is 6.92 Å². The van der Waals surface area contributed by atoms with Crippen molar-refractivity contribution in [3.63, 3.8) is 0 Å². The highest BCUT2D eigenvalue weighted by molar-refractivity contribution is 9.10. The molecular weight excluding hydrogens is 316 g/mol. The Bertz CT molecular complexity index is 743. The Labute approximate surface area is 117 Å². The van der Waals surface area contributed by atoms with Crippen molar-refractivity contribution in [2.45, 2.75) is 26.0 Å². The summed E-state index contributed by atoms with van der Waals surface area (Å²) in [4.78, 5) is 28.2. The summed E-state index contributed by atoms with van der Waals surface area (Å²) in [6.45, 7) is 2.10. The van der Waals surface area contributed by atoms with Crippen molar-refractivity contribution in [1.82, 2.24) is 18.7 Å². The van der Waals surface area contributed by atoms with Crippen LogP contribution < -0.4 is 11.2 Å². The standard InChI is InChI=1S/C11H15BrN4O3/c1-4-6(17)5-16-7-8(13-10(16)12)14(2)11(19)15(3)9(7)18/h6,17H,4-5H2,1-3H3/t6-/m0/s1. The van der Waals surface area contributed by atoms with Crippen LogP contribution in [-0.2, 0) is 20.6 Å². The zero-order valence-electron chi connectivity index (χ0n) is 10.9. The summed E-state index contributed by atoms with van der Waals surface area (Å²) >= 11 is 3.26. The van der Waals surface area contributed by atoms with Crippen LogP contribution in [0, 0.1) is 0 Å². The predicted molar refractivity (Wildman–Crippen MR) is 74.2 cm³/mol. The Morgan fingerprint density at radius 2 is 1.95 bits per heavy atom. The zero-order chi connectivity index (χ0) is 14.3. The smallest absolute Gasteiger partial charge is 0.332 e. The number of hydrogen-bond donors (Lipinski definition) is 1. The molecule has 19 heavy (non-hydrogen) atoms. The van der Waals surface area contributed by atoms with Gasteiger partial charge in [0.1, 0.15) is 0 Å². The van der Waals surface area contributed by atoms with Crippen LogP contribution in [0.2, 0.25) is 0 Å². The lowest BCUT2D eigenvalue weighted by molar-refractivity contribution is 0.150. The van der Waals surface area contributed by atoms with Gasteiger partial charge in [0.15, 0.2) is 15.9 Å². The van der Waals surface area contributed by atoms with Crippen LogP contribution in [0.5, 0.6) is 0 Å². The third kappa shape index (κ3) is 2.14. The minimum absolute atomic E-state index is 0.251. The Kier molecular flexibility index (Phi) is 3.64. The van der Waals surface area contributed by atoms with Gasteiger partial charge in [-0.2, -0.15) is 0 Å². The number of imidazole rings is 1. The third-order valence-corrected chi connectivity index (χ3v) is 3.77. The summed E-state index contributed by atoms with van der Waals surface area (Å²) in [6.07, 6.45) is -0.00583. The molecule has 2 aromatic rings. The third-order valence-electron chi connectivity index (χ3n) is 3.17. The normalized spacial score (nSPS) is 13.1. The first-order valence-electron chi connectivity index (χ1n) is 5.88. The van der Waals surface area contributed by atoms with E-state index in [4.69, 9.17) is 0 Å². The minimum Gasteiger partial charge on any atom is -0.391 e. The van der Waals surface area contributed by atoms with E-state index in [1.54, 1.807) is 11.6 Å². The number of rotatable bonds is 3. The van der Waals surface area contributed by atoms with E-state index >= 15 is 0 Å². The number of halogens is 1. The Morgan fingerprint density at radius 1 is 1.32 bits per heavy atom. The Morgan fingerprint density at radius 3 is 2.53 bits per heavy atom. The molecule has 0 saturated heterocycles. The molecule has 104 valence electrons. The van der Waals surface area contributed by atoms with E-state index in [2.05, 4.69) is 20.9 Å². The number of nitrogens with zero attached hydrogens (tertiary/aromatic N) is 4. The van der Waals surface area contributed by atoms with Crippen molar-refractivity contribution < 1.29 is 5.11 Å².